The summed E-state index contributed by atoms with van der Waals surface area (Å²) in [4.78, 5) is 23.8. The Bertz CT molecular complexity index is 842. The Morgan fingerprint density at radius 2 is 1.72 bits per heavy atom. The van der Waals surface area contributed by atoms with Crippen molar-refractivity contribution in [3.05, 3.63) is 53.6 Å². The van der Waals surface area contributed by atoms with Crippen molar-refractivity contribution < 1.29 is 28.9 Å². The van der Waals surface area contributed by atoms with Gasteiger partial charge in [0.1, 0.15) is 6.61 Å². The summed E-state index contributed by atoms with van der Waals surface area (Å²) < 4.78 is 16.7. The number of carbonyl (C=O) groups is 2. The van der Waals surface area contributed by atoms with Crippen LogP contribution in [0.2, 0.25) is 0 Å². The van der Waals surface area contributed by atoms with E-state index in [0.29, 0.717) is 48.7 Å². The van der Waals surface area contributed by atoms with Crippen LogP contribution in [0.25, 0.3) is 0 Å². The summed E-state index contributed by atoms with van der Waals surface area (Å²) in [7, 11) is 3.00. The first-order valence-electron chi connectivity index (χ1n) is 9.48. The number of carbonyl (C=O) groups excluding carboxylic acids is 1. The zero-order valence-corrected chi connectivity index (χ0v) is 16.5. The largest absolute Gasteiger partial charge is 0.493 e. The SMILES string of the molecule is COc1cc(C(=O)N[C@@H]2CC[C@H](C(=O)O)C2)cc(OC)c1OCc1ccccc1. The van der Waals surface area contributed by atoms with Crippen molar-refractivity contribution in [1.29, 1.82) is 0 Å². The predicted molar refractivity (Wildman–Crippen MR) is 107 cm³/mol. The number of nitrogens with one attached hydrogen (secondary N) is 1. The van der Waals surface area contributed by atoms with E-state index in [2.05, 4.69) is 5.32 Å². The first-order valence-corrected chi connectivity index (χ1v) is 9.48. The molecule has 154 valence electrons. The van der Waals surface area contributed by atoms with Crippen LogP contribution in [-0.4, -0.2) is 37.2 Å². The summed E-state index contributed by atoms with van der Waals surface area (Å²) in [6.07, 6.45) is 1.65. The van der Waals surface area contributed by atoms with Crippen molar-refractivity contribution in [2.45, 2.75) is 31.9 Å². The predicted octanol–water partition coefficient (Wildman–Crippen LogP) is 3.27. The van der Waals surface area contributed by atoms with Gasteiger partial charge in [0.15, 0.2) is 11.5 Å². The maximum Gasteiger partial charge on any atom is 0.306 e. The lowest BCUT2D eigenvalue weighted by Crippen LogP contribution is -2.33. The van der Waals surface area contributed by atoms with Crippen LogP contribution < -0.4 is 19.5 Å². The molecule has 3 rings (SSSR count). The average Bonchev–Trinajstić information content (AvgIpc) is 3.21. The molecule has 1 saturated carbocycles. The summed E-state index contributed by atoms with van der Waals surface area (Å²) in [5.74, 6) is -0.321. The number of carboxylic acids is 1. The van der Waals surface area contributed by atoms with E-state index in [1.54, 1.807) is 12.1 Å². The fourth-order valence-corrected chi connectivity index (χ4v) is 3.49. The Hall–Kier alpha value is -3.22. The fourth-order valence-electron chi connectivity index (χ4n) is 3.49. The molecular formula is C22H25NO6. The van der Waals surface area contributed by atoms with Crippen molar-refractivity contribution in [3.63, 3.8) is 0 Å². The molecule has 7 nitrogen and oxygen atoms in total. The molecule has 1 aliphatic rings. The van der Waals surface area contributed by atoms with Crippen molar-refractivity contribution in [2.24, 2.45) is 5.92 Å². The van der Waals surface area contributed by atoms with E-state index in [0.717, 1.165) is 5.56 Å². The Morgan fingerprint density at radius 3 is 2.28 bits per heavy atom. The van der Waals surface area contributed by atoms with E-state index < -0.39 is 11.9 Å². The average molecular weight is 399 g/mol. The summed E-state index contributed by atoms with van der Waals surface area (Å²) >= 11 is 0. The van der Waals surface area contributed by atoms with Crippen LogP contribution in [0.3, 0.4) is 0 Å². The molecule has 7 heteroatoms. The van der Waals surface area contributed by atoms with E-state index in [9.17, 15) is 9.59 Å². The quantitative estimate of drug-likeness (QED) is 0.708. The van der Waals surface area contributed by atoms with Gasteiger partial charge in [0, 0.05) is 11.6 Å². The number of rotatable bonds is 8. The maximum atomic E-state index is 12.7. The Balaban J connectivity index is 1.74. The molecule has 0 aliphatic heterocycles. The summed E-state index contributed by atoms with van der Waals surface area (Å²) in [6.45, 7) is 0.331. The minimum absolute atomic E-state index is 0.158. The number of amides is 1. The number of carboxylic acid groups (broad SMARTS) is 1. The molecule has 0 bridgehead atoms. The number of methoxy groups -OCH3 is 2. The third-order valence-corrected chi connectivity index (χ3v) is 5.07. The van der Waals surface area contributed by atoms with Crippen LogP contribution in [0.1, 0.15) is 35.2 Å². The Morgan fingerprint density at radius 1 is 1.07 bits per heavy atom. The molecule has 1 fully saturated rings. The maximum absolute atomic E-state index is 12.7. The highest BCUT2D eigenvalue weighted by molar-refractivity contribution is 5.96. The van der Waals surface area contributed by atoms with Crippen LogP contribution in [0.5, 0.6) is 17.2 Å². The summed E-state index contributed by atoms with van der Waals surface area (Å²) in [6, 6.07) is 12.7. The van der Waals surface area contributed by atoms with Gasteiger partial charge >= 0.3 is 5.97 Å². The van der Waals surface area contributed by atoms with E-state index >= 15 is 0 Å². The van der Waals surface area contributed by atoms with Gasteiger partial charge in [0.05, 0.1) is 20.1 Å². The van der Waals surface area contributed by atoms with Gasteiger partial charge in [0.25, 0.3) is 5.91 Å². The second-order valence-corrected chi connectivity index (χ2v) is 7.00. The molecule has 0 unspecified atom stereocenters. The standard InChI is InChI=1S/C22H25NO6/c1-27-18-11-16(21(24)23-17-9-8-15(10-17)22(25)26)12-19(28-2)20(18)29-13-14-6-4-3-5-7-14/h3-7,11-12,15,17H,8-10,13H2,1-2H3,(H,23,24)(H,25,26)/t15-,17+/m0/s1. The molecule has 0 radical (unpaired) electrons. The number of benzene rings is 2. The smallest absolute Gasteiger partial charge is 0.306 e. The Kier molecular flexibility index (Phi) is 6.59. The molecular weight excluding hydrogens is 374 g/mol. The summed E-state index contributed by atoms with van der Waals surface area (Å²) in [5.41, 5.74) is 1.36. The Labute approximate surface area is 169 Å². The van der Waals surface area contributed by atoms with Crippen LogP contribution in [-0.2, 0) is 11.4 Å². The molecule has 2 aromatic carbocycles. The fraction of sp³-hybridized carbons (Fsp3) is 0.364. The number of ether oxygens (including phenoxy) is 3. The van der Waals surface area contributed by atoms with Crippen molar-refractivity contribution >= 4 is 11.9 Å². The van der Waals surface area contributed by atoms with Crippen LogP contribution >= 0.6 is 0 Å². The number of aliphatic carboxylic acids is 1. The van der Waals surface area contributed by atoms with Crippen molar-refractivity contribution in [3.8, 4) is 17.2 Å². The lowest BCUT2D eigenvalue weighted by atomic mass is 10.1. The van der Waals surface area contributed by atoms with Crippen LogP contribution in [0.15, 0.2) is 42.5 Å². The molecule has 1 amide bonds. The van der Waals surface area contributed by atoms with Crippen molar-refractivity contribution in [1.82, 2.24) is 5.32 Å². The van der Waals surface area contributed by atoms with Gasteiger partial charge in [0.2, 0.25) is 5.75 Å². The second-order valence-electron chi connectivity index (χ2n) is 7.00. The van der Waals surface area contributed by atoms with Gasteiger partial charge in [-0.15, -0.1) is 0 Å². The molecule has 2 N–H and O–H groups in total. The topological polar surface area (TPSA) is 94.1 Å². The number of hydrogen-bond donors (Lipinski definition) is 2. The molecule has 0 saturated heterocycles. The van der Waals surface area contributed by atoms with E-state index in [-0.39, 0.29) is 11.9 Å². The van der Waals surface area contributed by atoms with Crippen LogP contribution in [0.4, 0.5) is 0 Å². The van der Waals surface area contributed by atoms with E-state index in [4.69, 9.17) is 19.3 Å². The highest BCUT2D eigenvalue weighted by Gasteiger charge is 2.31. The number of hydrogen-bond acceptors (Lipinski definition) is 5. The zero-order valence-electron chi connectivity index (χ0n) is 16.5. The first kappa shape index (κ1) is 20.5. The third-order valence-electron chi connectivity index (χ3n) is 5.07. The lowest BCUT2D eigenvalue weighted by Gasteiger charge is -2.17. The molecule has 2 aromatic rings. The van der Waals surface area contributed by atoms with Gasteiger partial charge in [-0.3, -0.25) is 9.59 Å². The molecule has 29 heavy (non-hydrogen) atoms. The van der Waals surface area contributed by atoms with Gasteiger partial charge in [-0.25, -0.2) is 0 Å². The zero-order chi connectivity index (χ0) is 20.8. The second kappa shape index (κ2) is 9.32. The normalized spacial score (nSPS) is 18.1. The van der Waals surface area contributed by atoms with Gasteiger partial charge < -0.3 is 24.6 Å². The third kappa shape index (κ3) is 4.99. The van der Waals surface area contributed by atoms with Gasteiger partial charge in [-0.2, -0.15) is 0 Å². The van der Waals surface area contributed by atoms with Gasteiger partial charge in [-0.05, 0) is 37.0 Å². The van der Waals surface area contributed by atoms with E-state index in [1.807, 2.05) is 30.3 Å². The minimum Gasteiger partial charge on any atom is -0.493 e. The minimum atomic E-state index is -0.815. The lowest BCUT2D eigenvalue weighted by molar-refractivity contribution is -0.141. The monoisotopic (exact) mass is 399 g/mol. The molecule has 0 aromatic heterocycles. The molecule has 0 heterocycles. The van der Waals surface area contributed by atoms with Gasteiger partial charge in [-0.1, -0.05) is 30.3 Å². The van der Waals surface area contributed by atoms with E-state index in [1.165, 1.54) is 14.2 Å². The summed E-state index contributed by atoms with van der Waals surface area (Å²) in [5, 5.41) is 12.0. The molecule has 0 spiro atoms. The molecule has 1 aliphatic carbocycles. The first-order chi connectivity index (χ1) is 14.0. The highest BCUT2D eigenvalue weighted by atomic mass is 16.5. The van der Waals surface area contributed by atoms with Crippen LogP contribution in [0, 0.1) is 5.92 Å². The highest BCUT2D eigenvalue weighted by Crippen LogP contribution is 2.39. The van der Waals surface area contributed by atoms with Crippen molar-refractivity contribution in [2.75, 3.05) is 14.2 Å². The molecule has 2 atom stereocenters.